The second-order valence-corrected chi connectivity index (χ2v) is 7.41. The number of hydrogen-bond donors (Lipinski definition) is 2. The van der Waals surface area contributed by atoms with Gasteiger partial charge < -0.3 is 10.2 Å². The predicted octanol–water partition coefficient (Wildman–Crippen LogP) is 0.827. The van der Waals surface area contributed by atoms with Crippen molar-refractivity contribution < 1.29 is 4.79 Å². The number of hydrogen-bond acceptors (Lipinski definition) is 6. The molecule has 0 atom stereocenters. The van der Waals surface area contributed by atoms with Crippen LogP contribution in [0, 0.1) is 0 Å². The van der Waals surface area contributed by atoms with Gasteiger partial charge in [-0.05, 0) is 31.4 Å². The molecule has 30 heavy (non-hydrogen) atoms. The van der Waals surface area contributed by atoms with E-state index in [4.69, 9.17) is 0 Å². The quantitative estimate of drug-likeness (QED) is 0.647. The molecule has 3 heterocycles. The Morgan fingerprint density at radius 2 is 1.97 bits per heavy atom. The van der Waals surface area contributed by atoms with Gasteiger partial charge in [0.2, 0.25) is 5.91 Å². The summed E-state index contributed by atoms with van der Waals surface area (Å²) in [7, 11) is 0. The zero-order chi connectivity index (χ0) is 21.1. The third-order valence-corrected chi connectivity index (χ3v) is 5.46. The van der Waals surface area contributed by atoms with E-state index >= 15 is 0 Å². The molecule has 0 aliphatic carbocycles. The molecule has 9 nitrogen and oxygen atoms in total. The van der Waals surface area contributed by atoms with Crippen molar-refractivity contribution in [3.8, 4) is 0 Å². The SMILES string of the molecule is CCc1cc(N2CCC(NC(=O)Cn3c(=O)[nH]c(=O)c4ccccc43)CC2)ncn1. The van der Waals surface area contributed by atoms with Gasteiger partial charge >= 0.3 is 5.69 Å². The molecule has 0 saturated carbocycles. The van der Waals surface area contributed by atoms with E-state index in [1.165, 1.54) is 4.57 Å². The average Bonchev–Trinajstić information content (AvgIpc) is 2.77. The van der Waals surface area contributed by atoms with Crippen molar-refractivity contribution in [1.82, 2.24) is 24.8 Å². The van der Waals surface area contributed by atoms with Gasteiger partial charge in [-0.3, -0.25) is 19.1 Å². The van der Waals surface area contributed by atoms with Crippen molar-refractivity contribution in [3.63, 3.8) is 0 Å². The molecule has 2 N–H and O–H groups in total. The van der Waals surface area contributed by atoms with E-state index in [-0.39, 0.29) is 18.5 Å². The number of carbonyl (C=O) groups is 1. The van der Waals surface area contributed by atoms with E-state index in [0.29, 0.717) is 10.9 Å². The van der Waals surface area contributed by atoms with Crippen LogP contribution in [-0.4, -0.2) is 44.6 Å². The molecule has 1 amide bonds. The van der Waals surface area contributed by atoms with Crippen LogP contribution in [0.4, 0.5) is 5.82 Å². The second-order valence-electron chi connectivity index (χ2n) is 7.41. The maximum Gasteiger partial charge on any atom is 0.329 e. The fourth-order valence-electron chi connectivity index (χ4n) is 3.82. The Morgan fingerprint density at radius 1 is 1.20 bits per heavy atom. The minimum Gasteiger partial charge on any atom is -0.356 e. The summed E-state index contributed by atoms with van der Waals surface area (Å²) in [5.41, 5.74) is 0.426. The number of anilines is 1. The number of nitrogens with one attached hydrogen (secondary N) is 2. The smallest absolute Gasteiger partial charge is 0.329 e. The number of fused-ring (bicyclic) bond motifs is 1. The van der Waals surface area contributed by atoms with Crippen LogP contribution in [0.1, 0.15) is 25.5 Å². The number of aryl methyl sites for hydroxylation is 1. The fourth-order valence-corrected chi connectivity index (χ4v) is 3.82. The molecule has 9 heteroatoms. The highest BCUT2D eigenvalue weighted by molar-refractivity contribution is 5.81. The minimum atomic E-state index is -0.584. The molecule has 0 spiro atoms. The first-order chi connectivity index (χ1) is 14.5. The highest BCUT2D eigenvalue weighted by Crippen LogP contribution is 2.18. The van der Waals surface area contributed by atoms with Crippen LogP contribution in [0.2, 0.25) is 0 Å². The van der Waals surface area contributed by atoms with Crippen LogP contribution >= 0.6 is 0 Å². The summed E-state index contributed by atoms with van der Waals surface area (Å²) in [6.07, 6.45) is 4.03. The highest BCUT2D eigenvalue weighted by atomic mass is 16.2. The van der Waals surface area contributed by atoms with Crippen LogP contribution in [0.15, 0.2) is 46.2 Å². The van der Waals surface area contributed by atoms with Crippen LogP contribution in [-0.2, 0) is 17.8 Å². The summed E-state index contributed by atoms with van der Waals surface area (Å²) < 4.78 is 1.30. The average molecular weight is 408 g/mol. The number of aromatic amines is 1. The Kier molecular flexibility index (Phi) is 5.60. The summed E-state index contributed by atoms with van der Waals surface area (Å²) in [5, 5.41) is 3.40. The number of aromatic nitrogens is 4. The molecule has 1 aromatic carbocycles. The van der Waals surface area contributed by atoms with E-state index in [1.807, 2.05) is 6.07 Å². The van der Waals surface area contributed by atoms with E-state index in [1.54, 1.807) is 30.6 Å². The summed E-state index contributed by atoms with van der Waals surface area (Å²) in [6.45, 7) is 3.49. The maximum atomic E-state index is 12.6. The Bertz CT molecular complexity index is 1180. The van der Waals surface area contributed by atoms with Crippen LogP contribution in [0.3, 0.4) is 0 Å². The number of carbonyl (C=O) groups excluding carboxylic acids is 1. The van der Waals surface area contributed by atoms with Crippen molar-refractivity contribution in [3.05, 3.63) is 63.2 Å². The maximum absolute atomic E-state index is 12.6. The van der Waals surface area contributed by atoms with Gasteiger partial charge in [-0.25, -0.2) is 14.8 Å². The van der Waals surface area contributed by atoms with Gasteiger partial charge in [0.1, 0.15) is 18.7 Å². The fraction of sp³-hybridized carbons (Fsp3) is 0.381. The van der Waals surface area contributed by atoms with Gasteiger partial charge in [0.05, 0.1) is 10.9 Å². The molecule has 0 radical (unpaired) electrons. The Labute approximate surface area is 172 Å². The molecular formula is C21H24N6O3. The summed E-state index contributed by atoms with van der Waals surface area (Å²) in [5.74, 6) is 0.668. The first-order valence-electron chi connectivity index (χ1n) is 10.1. The molecule has 2 aromatic heterocycles. The second kappa shape index (κ2) is 8.48. The highest BCUT2D eigenvalue weighted by Gasteiger charge is 2.22. The Hall–Kier alpha value is -3.49. The molecule has 1 aliphatic rings. The van der Waals surface area contributed by atoms with Gasteiger partial charge in [-0.2, -0.15) is 0 Å². The molecule has 156 valence electrons. The van der Waals surface area contributed by atoms with E-state index in [9.17, 15) is 14.4 Å². The van der Waals surface area contributed by atoms with Gasteiger partial charge in [-0.15, -0.1) is 0 Å². The van der Waals surface area contributed by atoms with E-state index in [2.05, 4.69) is 32.1 Å². The lowest BCUT2D eigenvalue weighted by atomic mass is 10.0. The number of benzene rings is 1. The summed E-state index contributed by atoms with van der Waals surface area (Å²) in [6, 6.07) is 8.81. The number of nitrogens with zero attached hydrogens (tertiary/aromatic N) is 4. The zero-order valence-corrected chi connectivity index (χ0v) is 16.8. The third-order valence-electron chi connectivity index (χ3n) is 5.46. The first-order valence-corrected chi connectivity index (χ1v) is 10.1. The standard InChI is InChI=1S/C21H24N6O3/c1-2-14-11-18(23-13-22-14)26-9-7-15(8-10-26)24-19(28)12-27-17-6-4-3-5-16(17)20(29)25-21(27)30/h3-6,11,13,15H,2,7-10,12H2,1H3,(H,24,28)(H,25,29,30). The molecular weight excluding hydrogens is 384 g/mol. The number of H-pyrrole nitrogens is 1. The van der Waals surface area contributed by atoms with Crippen molar-refractivity contribution in [1.29, 1.82) is 0 Å². The van der Waals surface area contributed by atoms with Crippen molar-refractivity contribution in [2.24, 2.45) is 0 Å². The number of rotatable bonds is 5. The lowest BCUT2D eigenvalue weighted by molar-refractivity contribution is -0.122. The molecule has 0 unspecified atom stereocenters. The summed E-state index contributed by atoms with van der Waals surface area (Å²) >= 11 is 0. The molecule has 1 fully saturated rings. The molecule has 3 aromatic rings. The van der Waals surface area contributed by atoms with Gasteiger partial charge in [-0.1, -0.05) is 19.1 Å². The van der Waals surface area contributed by atoms with Crippen molar-refractivity contribution in [2.45, 2.75) is 38.8 Å². The topological polar surface area (TPSA) is 113 Å². The van der Waals surface area contributed by atoms with Gasteiger partial charge in [0, 0.05) is 30.9 Å². The summed E-state index contributed by atoms with van der Waals surface area (Å²) in [4.78, 5) is 49.9. The van der Waals surface area contributed by atoms with Gasteiger partial charge in [0.25, 0.3) is 5.56 Å². The first kappa shape index (κ1) is 19.8. The largest absolute Gasteiger partial charge is 0.356 e. The lowest BCUT2D eigenvalue weighted by Crippen LogP contribution is -2.46. The zero-order valence-electron chi connectivity index (χ0n) is 16.8. The third kappa shape index (κ3) is 4.10. The van der Waals surface area contributed by atoms with Gasteiger partial charge in [0.15, 0.2) is 0 Å². The molecule has 1 aliphatic heterocycles. The Balaban J connectivity index is 1.40. The van der Waals surface area contributed by atoms with Crippen LogP contribution < -0.4 is 21.5 Å². The number of amides is 1. The molecule has 0 bridgehead atoms. The minimum absolute atomic E-state index is 0.0333. The van der Waals surface area contributed by atoms with Crippen LogP contribution in [0.5, 0.6) is 0 Å². The van der Waals surface area contributed by atoms with Crippen molar-refractivity contribution in [2.75, 3.05) is 18.0 Å². The van der Waals surface area contributed by atoms with Crippen molar-refractivity contribution >= 4 is 22.6 Å². The monoisotopic (exact) mass is 408 g/mol. The normalized spacial score (nSPS) is 14.8. The molecule has 1 saturated heterocycles. The van der Waals surface area contributed by atoms with Crippen LogP contribution in [0.25, 0.3) is 10.9 Å². The predicted molar refractivity (Wildman–Crippen MR) is 114 cm³/mol. The lowest BCUT2D eigenvalue weighted by Gasteiger charge is -2.33. The number of piperidine rings is 1. The Morgan fingerprint density at radius 3 is 2.73 bits per heavy atom. The van der Waals surface area contributed by atoms with E-state index < -0.39 is 11.2 Å². The number of para-hydroxylation sites is 1. The van der Waals surface area contributed by atoms with E-state index in [0.717, 1.165) is 43.9 Å². The molecule has 4 rings (SSSR count).